The quantitative estimate of drug-likeness (QED) is 0.618. The summed E-state index contributed by atoms with van der Waals surface area (Å²) in [6, 6.07) is 5.73. The molecule has 0 radical (unpaired) electrons. The molecule has 25 heavy (non-hydrogen) atoms. The Kier molecular flexibility index (Phi) is 5.04. The molecule has 1 aliphatic heterocycles. The Morgan fingerprint density at radius 1 is 1.28 bits per heavy atom. The number of thioether (sulfide) groups is 1. The van der Waals surface area contributed by atoms with E-state index in [9.17, 15) is 4.79 Å². The zero-order valence-electron chi connectivity index (χ0n) is 14.6. The smallest absolute Gasteiger partial charge is 0.236 e. The molecule has 7 nitrogen and oxygen atoms in total. The minimum atomic E-state index is -0.272. The molecule has 1 unspecified atom stereocenters. The maximum Gasteiger partial charge on any atom is 0.236 e. The maximum absolute atomic E-state index is 12.9. The van der Waals surface area contributed by atoms with Gasteiger partial charge in [0, 0.05) is 24.5 Å². The average Bonchev–Trinajstić information content (AvgIpc) is 2.84. The summed E-state index contributed by atoms with van der Waals surface area (Å²) < 4.78 is 1.83. The number of nitrogens with zero attached hydrogens (tertiary/aromatic N) is 6. The molecule has 130 valence electrons. The van der Waals surface area contributed by atoms with Crippen molar-refractivity contribution >= 4 is 17.7 Å². The minimum absolute atomic E-state index is 0.0564. The lowest BCUT2D eigenvalue weighted by atomic mass is 10.3. The van der Waals surface area contributed by atoms with Gasteiger partial charge in [-0.2, -0.15) is 10.4 Å². The first-order valence-corrected chi connectivity index (χ1v) is 9.09. The molecular formula is C17H20N6OS. The summed E-state index contributed by atoms with van der Waals surface area (Å²) in [7, 11) is 0. The summed E-state index contributed by atoms with van der Waals surface area (Å²) in [5, 5.41) is 13.6. The highest BCUT2D eigenvalue weighted by atomic mass is 32.2. The van der Waals surface area contributed by atoms with Gasteiger partial charge in [-0.05, 0) is 39.3 Å². The number of aromatic nitrogens is 4. The van der Waals surface area contributed by atoms with Gasteiger partial charge in [0.25, 0.3) is 0 Å². The van der Waals surface area contributed by atoms with Gasteiger partial charge in [0.1, 0.15) is 6.07 Å². The topological polar surface area (TPSA) is 87.7 Å². The Balaban J connectivity index is 1.72. The standard InChI is InChI=1S/C17H20N6OS/c1-11-7-12(2)20-17(19-11)25-13(3)16(24)22-5-4-6-23-15(10-22)8-14(9-18)21-23/h7-8,13H,4-6,10H2,1-3H3. The fourth-order valence-electron chi connectivity index (χ4n) is 2.92. The van der Waals surface area contributed by atoms with Gasteiger partial charge < -0.3 is 4.90 Å². The third kappa shape index (κ3) is 3.99. The first kappa shape index (κ1) is 17.4. The summed E-state index contributed by atoms with van der Waals surface area (Å²) >= 11 is 1.38. The molecule has 0 saturated heterocycles. The Hall–Kier alpha value is -2.40. The van der Waals surface area contributed by atoms with Crippen LogP contribution in [0.15, 0.2) is 17.3 Å². The van der Waals surface area contributed by atoms with Gasteiger partial charge >= 0.3 is 0 Å². The van der Waals surface area contributed by atoms with Crippen molar-refractivity contribution in [1.82, 2.24) is 24.6 Å². The van der Waals surface area contributed by atoms with Crippen molar-refractivity contribution in [1.29, 1.82) is 5.26 Å². The molecule has 2 aromatic rings. The average molecular weight is 356 g/mol. The van der Waals surface area contributed by atoms with Gasteiger partial charge in [0.2, 0.25) is 5.91 Å². The van der Waals surface area contributed by atoms with Crippen molar-refractivity contribution in [2.45, 2.75) is 50.7 Å². The molecule has 0 aromatic carbocycles. The fourth-order valence-corrected chi connectivity index (χ4v) is 3.88. The molecule has 3 rings (SSSR count). The van der Waals surface area contributed by atoms with Crippen LogP contribution in [0.3, 0.4) is 0 Å². The molecule has 1 aliphatic rings. The van der Waals surface area contributed by atoms with E-state index in [0.717, 1.165) is 30.0 Å². The number of aryl methyl sites for hydroxylation is 3. The van der Waals surface area contributed by atoms with Crippen molar-refractivity contribution in [3.8, 4) is 6.07 Å². The van der Waals surface area contributed by atoms with Crippen LogP contribution in [-0.2, 0) is 17.9 Å². The molecule has 1 atom stereocenters. The second-order valence-electron chi connectivity index (χ2n) is 6.16. The monoisotopic (exact) mass is 356 g/mol. The van der Waals surface area contributed by atoms with Gasteiger partial charge in [-0.1, -0.05) is 11.8 Å². The largest absolute Gasteiger partial charge is 0.336 e. The van der Waals surface area contributed by atoms with Crippen LogP contribution in [0.25, 0.3) is 0 Å². The molecule has 0 fully saturated rings. The Morgan fingerprint density at radius 2 is 2.00 bits per heavy atom. The maximum atomic E-state index is 12.9. The van der Waals surface area contributed by atoms with Crippen LogP contribution in [0.2, 0.25) is 0 Å². The van der Waals surface area contributed by atoms with E-state index in [1.807, 2.05) is 36.4 Å². The highest BCUT2D eigenvalue weighted by Crippen LogP contribution is 2.23. The van der Waals surface area contributed by atoms with Crippen molar-refractivity contribution in [3.05, 3.63) is 34.9 Å². The Morgan fingerprint density at radius 3 is 2.68 bits per heavy atom. The highest BCUT2D eigenvalue weighted by Gasteiger charge is 2.25. The van der Waals surface area contributed by atoms with E-state index >= 15 is 0 Å². The van der Waals surface area contributed by atoms with E-state index in [0.29, 0.717) is 23.9 Å². The molecule has 0 spiro atoms. The minimum Gasteiger partial charge on any atom is -0.336 e. The number of nitriles is 1. The second-order valence-corrected chi connectivity index (χ2v) is 7.47. The fraction of sp³-hybridized carbons (Fsp3) is 0.471. The number of hydrogen-bond acceptors (Lipinski definition) is 6. The van der Waals surface area contributed by atoms with Crippen LogP contribution in [0, 0.1) is 25.2 Å². The number of fused-ring (bicyclic) bond motifs is 1. The zero-order chi connectivity index (χ0) is 18.0. The van der Waals surface area contributed by atoms with Crippen molar-refractivity contribution < 1.29 is 4.79 Å². The number of rotatable bonds is 3. The number of carbonyl (C=O) groups excluding carboxylic acids is 1. The Labute approximate surface area is 151 Å². The predicted molar refractivity (Wildman–Crippen MR) is 93.8 cm³/mol. The van der Waals surface area contributed by atoms with E-state index in [1.54, 1.807) is 6.07 Å². The third-order valence-corrected chi connectivity index (χ3v) is 4.98. The lowest BCUT2D eigenvalue weighted by Crippen LogP contribution is -2.36. The summed E-state index contributed by atoms with van der Waals surface area (Å²) in [5.41, 5.74) is 3.10. The lowest BCUT2D eigenvalue weighted by Gasteiger charge is -2.23. The van der Waals surface area contributed by atoms with Gasteiger partial charge in [-0.15, -0.1) is 0 Å². The predicted octanol–water partition coefficient (Wildman–Crippen LogP) is 2.07. The van der Waals surface area contributed by atoms with E-state index < -0.39 is 0 Å². The molecule has 0 aliphatic carbocycles. The van der Waals surface area contributed by atoms with E-state index in [1.165, 1.54) is 11.8 Å². The number of hydrogen-bond donors (Lipinski definition) is 0. The van der Waals surface area contributed by atoms with Crippen LogP contribution in [-0.4, -0.2) is 42.4 Å². The summed E-state index contributed by atoms with van der Waals surface area (Å²) in [6.07, 6.45) is 0.822. The Bertz CT molecular complexity index is 820. The van der Waals surface area contributed by atoms with E-state index in [4.69, 9.17) is 5.26 Å². The van der Waals surface area contributed by atoms with Gasteiger partial charge in [0.05, 0.1) is 17.5 Å². The van der Waals surface area contributed by atoms with Crippen LogP contribution in [0.4, 0.5) is 0 Å². The highest BCUT2D eigenvalue weighted by molar-refractivity contribution is 8.00. The number of amides is 1. The van der Waals surface area contributed by atoms with Gasteiger partial charge in [-0.3, -0.25) is 9.48 Å². The molecule has 0 bridgehead atoms. The lowest BCUT2D eigenvalue weighted by molar-refractivity contribution is -0.130. The van der Waals surface area contributed by atoms with E-state index in [-0.39, 0.29) is 11.2 Å². The van der Waals surface area contributed by atoms with Crippen molar-refractivity contribution in [2.24, 2.45) is 0 Å². The third-order valence-electron chi connectivity index (χ3n) is 4.03. The number of carbonyl (C=O) groups is 1. The molecule has 0 saturated carbocycles. The zero-order valence-corrected chi connectivity index (χ0v) is 15.4. The first-order chi connectivity index (χ1) is 12.0. The van der Waals surface area contributed by atoms with Crippen LogP contribution < -0.4 is 0 Å². The second kappa shape index (κ2) is 7.23. The van der Waals surface area contributed by atoms with E-state index in [2.05, 4.69) is 21.1 Å². The summed E-state index contributed by atoms with van der Waals surface area (Å²) in [4.78, 5) is 23.5. The molecular weight excluding hydrogens is 336 g/mol. The van der Waals surface area contributed by atoms with Crippen molar-refractivity contribution in [3.63, 3.8) is 0 Å². The molecule has 2 aromatic heterocycles. The summed E-state index contributed by atoms with van der Waals surface area (Å²) in [6.45, 7) is 7.62. The molecule has 1 amide bonds. The van der Waals surface area contributed by atoms with Crippen LogP contribution in [0.1, 0.15) is 36.1 Å². The van der Waals surface area contributed by atoms with Crippen LogP contribution >= 0.6 is 11.8 Å². The molecule has 3 heterocycles. The van der Waals surface area contributed by atoms with Crippen molar-refractivity contribution in [2.75, 3.05) is 6.54 Å². The SMILES string of the molecule is Cc1cc(C)nc(SC(C)C(=O)N2CCCn3nc(C#N)cc3C2)n1. The van der Waals surface area contributed by atoms with Gasteiger partial charge in [-0.25, -0.2) is 9.97 Å². The van der Waals surface area contributed by atoms with Gasteiger partial charge in [0.15, 0.2) is 10.9 Å². The molecule has 8 heteroatoms. The normalized spacial score (nSPS) is 15.2. The first-order valence-electron chi connectivity index (χ1n) is 8.21. The van der Waals surface area contributed by atoms with Crippen LogP contribution in [0.5, 0.6) is 0 Å². The summed E-state index contributed by atoms with van der Waals surface area (Å²) in [5.74, 6) is 0.0564. The molecule has 0 N–H and O–H groups in total.